The van der Waals surface area contributed by atoms with Crippen LogP contribution in [-0.2, 0) is 4.79 Å². The summed E-state index contributed by atoms with van der Waals surface area (Å²) in [4.78, 5) is 9.96. The van der Waals surface area contributed by atoms with Gasteiger partial charge in [0.1, 0.15) is 11.6 Å². The van der Waals surface area contributed by atoms with Gasteiger partial charge in [-0.15, -0.1) is 0 Å². The quantitative estimate of drug-likeness (QED) is 0.634. The van der Waals surface area contributed by atoms with Crippen LogP contribution in [0.25, 0.3) is 6.08 Å². The molecule has 2 nitrogen and oxygen atoms in total. The second-order valence-electron chi connectivity index (χ2n) is 2.36. The van der Waals surface area contributed by atoms with Gasteiger partial charge in [0.25, 0.3) is 0 Å². The van der Waals surface area contributed by atoms with Crippen molar-refractivity contribution in [2.24, 2.45) is 0 Å². The molecule has 1 aromatic carbocycles. The van der Waals surface area contributed by atoms with Crippen molar-refractivity contribution < 1.29 is 18.7 Å². The van der Waals surface area contributed by atoms with E-state index in [1.807, 2.05) is 0 Å². The minimum atomic E-state index is -1.41. The Morgan fingerprint density at radius 1 is 1.23 bits per heavy atom. The molecule has 1 aromatic rings. The summed E-state index contributed by atoms with van der Waals surface area (Å²) in [7, 11) is 0. The molecule has 0 saturated carbocycles. The Morgan fingerprint density at radius 2 is 1.77 bits per heavy atom. The first-order valence-corrected chi connectivity index (χ1v) is 3.43. The maximum atomic E-state index is 12.5. The van der Waals surface area contributed by atoms with Gasteiger partial charge in [0, 0.05) is 6.07 Å². The summed E-state index contributed by atoms with van der Waals surface area (Å²) < 4.78 is 25.0. The second-order valence-corrected chi connectivity index (χ2v) is 2.36. The van der Waals surface area contributed by atoms with Crippen molar-refractivity contribution in [2.75, 3.05) is 0 Å². The van der Waals surface area contributed by atoms with Gasteiger partial charge in [-0.1, -0.05) is 6.08 Å². The van der Waals surface area contributed by atoms with Gasteiger partial charge < -0.3 is 9.90 Å². The number of carbonyl (C=O) groups excluding carboxylic acids is 1. The van der Waals surface area contributed by atoms with Crippen LogP contribution in [0.3, 0.4) is 0 Å². The highest BCUT2D eigenvalue weighted by Crippen LogP contribution is 2.08. The summed E-state index contributed by atoms with van der Waals surface area (Å²) in [5.41, 5.74) is 0.140. The molecule has 0 N–H and O–H groups in total. The van der Waals surface area contributed by atoms with Gasteiger partial charge in [-0.05, 0) is 23.8 Å². The molecule has 13 heavy (non-hydrogen) atoms. The number of carboxylic acid groups (broad SMARTS) is 1. The van der Waals surface area contributed by atoms with E-state index in [1.165, 1.54) is 0 Å². The number of hydrogen-bond donors (Lipinski definition) is 0. The molecule has 0 aliphatic rings. The minimum absolute atomic E-state index is 0.140. The molecule has 0 aromatic heterocycles. The predicted octanol–water partition coefficient (Wildman–Crippen LogP) is 0.728. The third kappa shape index (κ3) is 3.02. The Bertz CT molecular complexity index is 338. The van der Waals surface area contributed by atoms with E-state index in [1.54, 1.807) is 0 Å². The maximum Gasteiger partial charge on any atom is 0.126 e. The molecule has 0 amide bonds. The van der Waals surface area contributed by atoms with Crippen LogP contribution in [0, 0.1) is 11.6 Å². The smallest absolute Gasteiger partial charge is 0.126 e. The van der Waals surface area contributed by atoms with Gasteiger partial charge in [0.05, 0.1) is 5.97 Å². The number of halogens is 2. The summed E-state index contributed by atoms with van der Waals surface area (Å²) in [6, 6.07) is 2.74. The van der Waals surface area contributed by atoms with Crippen LogP contribution in [0.15, 0.2) is 24.3 Å². The fourth-order valence-electron chi connectivity index (χ4n) is 0.836. The van der Waals surface area contributed by atoms with Crippen molar-refractivity contribution in [3.8, 4) is 0 Å². The van der Waals surface area contributed by atoms with E-state index in [0.29, 0.717) is 12.1 Å². The predicted molar refractivity (Wildman–Crippen MR) is 40.4 cm³/mol. The average molecular weight is 183 g/mol. The molecule has 0 bridgehead atoms. The van der Waals surface area contributed by atoms with Gasteiger partial charge in [-0.3, -0.25) is 0 Å². The zero-order chi connectivity index (χ0) is 9.84. The zero-order valence-corrected chi connectivity index (χ0v) is 6.46. The largest absolute Gasteiger partial charge is 0.545 e. The topological polar surface area (TPSA) is 40.1 Å². The maximum absolute atomic E-state index is 12.5. The Kier molecular flexibility index (Phi) is 2.74. The molecule has 1 rings (SSSR count). The van der Waals surface area contributed by atoms with Gasteiger partial charge in [-0.2, -0.15) is 0 Å². The van der Waals surface area contributed by atoms with E-state index in [2.05, 4.69) is 0 Å². The Balaban J connectivity index is 2.95. The minimum Gasteiger partial charge on any atom is -0.545 e. The Hall–Kier alpha value is -1.71. The summed E-state index contributed by atoms with van der Waals surface area (Å²) >= 11 is 0. The second kappa shape index (κ2) is 3.80. The van der Waals surface area contributed by atoms with Gasteiger partial charge >= 0.3 is 0 Å². The number of aliphatic carboxylic acids is 1. The summed E-state index contributed by atoms with van der Waals surface area (Å²) in [6.07, 6.45) is 1.76. The van der Waals surface area contributed by atoms with Crippen LogP contribution in [-0.4, -0.2) is 5.97 Å². The molecule has 68 valence electrons. The lowest BCUT2D eigenvalue weighted by Gasteiger charge is -1.95. The molecule has 0 unspecified atom stereocenters. The van der Waals surface area contributed by atoms with Crippen LogP contribution >= 0.6 is 0 Å². The average Bonchev–Trinajstić information content (AvgIpc) is 1.99. The summed E-state index contributed by atoms with van der Waals surface area (Å²) in [5, 5.41) is 9.96. The molecular formula is C9H5F2O2-. The highest BCUT2D eigenvalue weighted by Gasteiger charge is 1.96. The molecule has 4 heteroatoms. The molecular weight excluding hydrogens is 178 g/mol. The number of rotatable bonds is 2. The van der Waals surface area contributed by atoms with Crippen LogP contribution in [0.5, 0.6) is 0 Å². The third-order valence-electron chi connectivity index (χ3n) is 1.30. The van der Waals surface area contributed by atoms with Gasteiger partial charge in [0.2, 0.25) is 0 Å². The van der Waals surface area contributed by atoms with E-state index < -0.39 is 17.6 Å². The molecule has 0 atom stereocenters. The fourth-order valence-corrected chi connectivity index (χ4v) is 0.836. The molecule has 0 heterocycles. The Morgan fingerprint density at radius 3 is 2.23 bits per heavy atom. The van der Waals surface area contributed by atoms with Crippen molar-refractivity contribution in [3.05, 3.63) is 41.5 Å². The van der Waals surface area contributed by atoms with E-state index >= 15 is 0 Å². The first-order valence-electron chi connectivity index (χ1n) is 3.43. The van der Waals surface area contributed by atoms with Crippen molar-refractivity contribution in [3.63, 3.8) is 0 Å². The van der Waals surface area contributed by atoms with E-state index in [9.17, 15) is 18.7 Å². The van der Waals surface area contributed by atoms with Crippen LogP contribution in [0.4, 0.5) is 8.78 Å². The van der Waals surface area contributed by atoms with Gasteiger partial charge in [-0.25, -0.2) is 8.78 Å². The lowest BCUT2D eigenvalue weighted by Crippen LogP contribution is -2.18. The Labute approximate surface area is 73.1 Å². The van der Waals surface area contributed by atoms with Crippen LogP contribution in [0.2, 0.25) is 0 Å². The van der Waals surface area contributed by atoms with Crippen molar-refractivity contribution in [1.29, 1.82) is 0 Å². The highest BCUT2D eigenvalue weighted by molar-refractivity contribution is 5.83. The van der Waals surface area contributed by atoms with E-state index in [-0.39, 0.29) is 5.56 Å². The highest BCUT2D eigenvalue weighted by atomic mass is 19.1. The SMILES string of the molecule is O=C([O-])/C=C/c1cc(F)cc(F)c1. The molecule has 0 saturated heterocycles. The molecule has 0 spiro atoms. The molecule has 0 radical (unpaired) electrons. The first kappa shape index (κ1) is 9.38. The first-order chi connectivity index (χ1) is 6.08. The lowest BCUT2D eigenvalue weighted by atomic mass is 10.2. The number of carbonyl (C=O) groups is 1. The van der Waals surface area contributed by atoms with E-state index in [4.69, 9.17) is 0 Å². The number of carboxylic acids is 1. The molecule has 0 fully saturated rings. The van der Waals surface area contributed by atoms with Crippen molar-refractivity contribution in [2.45, 2.75) is 0 Å². The monoisotopic (exact) mass is 183 g/mol. The normalized spacial score (nSPS) is 10.6. The van der Waals surface area contributed by atoms with Crippen LogP contribution in [0.1, 0.15) is 5.56 Å². The van der Waals surface area contributed by atoms with Crippen molar-refractivity contribution >= 4 is 12.0 Å². The lowest BCUT2D eigenvalue weighted by molar-refractivity contribution is -0.297. The number of hydrogen-bond acceptors (Lipinski definition) is 2. The van der Waals surface area contributed by atoms with E-state index in [0.717, 1.165) is 18.2 Å². The number of benzene rings is 1. The standard InChI is InChI=1S/C9H6F2O2/c10-7-3-6(1-2-9(12)13)4-8(11)5-7/h1-5H,(H,12,13)/p-1/b2-1+. The van der Waals surface area contributed by atoms with Crippen molar-refractivity contribution in [1.82, 2.24) is 0 Å². The molecule has 0 aliphatic heterocycles. The fraction of sp³-hybridized carbons (Fsp3) is 0. The van der Waals surface area contributed by atoms with Gasteiger partial charge in [0.15, 0.2) is 0 Å². The summed E-state index contributed by atoms with van der Waals surface area (Å²) in [5.74, 6) is -2.92. The molecule has 0 aliphatic carbocycles. The summed E-state index contributed by atoms with van der Waals surface area (Å²) in [6.45, 7) is 0. The van der Waals surface area contributed by atoms with Crippen LogP contribution < -0.4 is 5.11 Å². The third-order valence-corrected chi connectivity index (χ3v) is 1.30. The zero-order valence-electron chi connectivity index (χ0n) is 6.46.